The van der Waals surface area contributed by atoms with E-state index in [1.807, 2.05) is 19.1 Å². The van der Waals surface area contributed by atoms with Crippen molar-refractivity contribution in [3.63, 3.8) is 0 Å². The van der Waals surface area contributed by atoms with Crippen molar-refractivity contribution in [2.45, 2.75) is 13.0 Å². The van der Waals surface area contributed by atoms with Gasteiger partial charge in [-0.3, -0.25) is 14.8 Å². The van der Waals surface area contributed by atoms with E-state index in [1.165, 1.54) is 6.20 Å². The highest BCUT2D eigenvalue weighted by Crippen LogP contribution is 2.11. The summed E-state index contributed by atoms with van der Waals surface area (Å²) in [6.07, 6.45) is 6.43. The first-order chi connectivity index (χ1) is 10.2. The van der Waals surface area contributed by atoms with E-state index < -0.39 is 0 Å². The first kappa shape index (κ1) is 14.7. The lowest BCUT2D eigenvalue weighted by Crippen LogP contribution is -2.26. The lowest BCUT2D eigenvalue weighted by atomic mass is 10.1. The molecule has 0 saturated heterocycles. The Morgan fingerprint density at radius 1 is 1.38 bits per heavy atom. The number of aliphatic hydroxyl groups is 1. The first-order valence-electron chi connectivity index (χ1n) is 6.46. The number of hydrogen-bond donors (Lipinski definition) is 2. The number of amides is 1. The van der Waals surface area contributed by atoms with Crippen LogP contribution in [0.5, 0.6) is 0 Å². The quantitative estimate of drug-likeness (QED) is 0.832. The lowest BCUT2D eigenvalue weighted by Gasteiger charge is -2.13. The Morgan fingerprint density at radius 2 is 2.24 bits per heavy atom. The molecule has 0 saturated carbocycles. The van der Waals surface area contributed by atoms with Gasteiger partial charge in [0.1, 0.15) is 6.61 Å². The topological polar surface area (TPSA) is 75.1 Å². The van der Waals surface area contributed by atoms with Crippen molar-refractivity contribution in [2.24, 2.45) is 0 Å². The van der Waals surface area contributed by atoms with Crippen molar-refractivity contribution in [1.29, 1.82) is 0 Å². The lowest BCUT2D eigenvalue weighted by molar-refractivity contribution is 0.0939. The normalized spacial score (nSPS) is 11.1. The van der Waals surface area contributed by atoms with E-state index >= 15 is 0 Å². The molecule has 1 atom stereocenters. The molecule has 0 radical (unpaired) electrons. The molecular weight excluding hydrogens is 266 g/mol. The third-order valence-corrected chi connectivity index (χ3v) is 2.84. The molecule has 2 aromatic heterocycles. The van der Waals surface area contributed by atoms with Gasteiger partial charge in [-0.1, -0.05) is 17.9 Å². The van der Waals surface area contributed by atoms with Crippen molar-refractivity contribution in [3.8, 4) is 11.8 Å². The third-order valence-electron chi connectivity index (χ3n) is 2.84. The van der Waals surface area contributed by atoms with Crippen LogP contribution in [0.2, 0.25) is 0 Å². The molecule has 0 aliphatic rings. The largest absolute Gasteiger partial charge is 0.384 e. The molecule has 21 heavy (non-hydrogen) atoms. The predicted molar refractivity (Wildman–Crippen MR) is 78.3 cm³/mol. The SMILES string of the molecule is CC(NC(=O)c1cncc(C#CCO)c1)c1cccnc1. The molecule has 5 nitrogen and oxygen atoms in total. The third kappa shape index (κ3) is 4.13. The summed E-state index contributed by atoms with van der Waals surface area (Å²) in [5, 5.41) is 11.6. The Hall–Kier alpha value is -2.71. The molecule has 106 valence electrons. The molecule has 2 rings (SSSR count). The number of hydrogen-bond acceptors (Lipinski definition) is 4. The standard InChI is InChI=1S/C16H15N3O2/c1-12(14-5-2-6-17-10-14)19-16(21)15-8-13(4-3-7-20)9-18-11-15/h2,5-6,8-12,20H,7H2,1H3,(H,19,21). The van der Waals surface area contributed by atoms with E-state index in [0.29, 0.717) is 11.1 Å². The highest BCUT2D eigenvalue weighted by Gasteiger charge is 2.12. The monoisotopic (exact) mass is 281 g/mol. The molecule has 0 aromatic carbocycles. The minimum atomic E-state index is -0.230. The van der Waals surface area contributed by atoms with Crippen molar-refractivity contribution < 1.29 is 9.90 Å². The van der Waals surface area contributed by atoms with E-state index in [9.17, 15) is 4.79 Å². The molecule has 2 N–H and O–H groups in total. The van der Waals surface area contributed by atoms with Gasteiger partial charge in [0.25, 0.3) is 5.91 Å². The molecule has 5 heteroatoms. The summed E-state index contributed by atoms with van der Waals surface area (Å²) in [7, 11) is 0. The Kier molecular flexibility index (Phi) is 5.02. The Labute approximate surface area is 123 Å². The maximum absolute atomic E-state index is 12.2. The highest BCUT2D eigenvalue weighted by atomic mass is 16.2. The summed E-state index contributed by atoms with van der Waals surface area (Å²) in [5.74, 6) is 5.01. The van der Waals surface area contributed by atoms with Crippen molar-refractivity contribution >= 4 is 5.91 Å². The number of aromatic nitrogens is 2. The number of carbonyl (C=O) groups excluding carboxylic acids is 1. The average molecular weight is 281 g/mol. The summed E-state index contributed by atoms with van der Waals surface area (Å²) < 4.78 is 0. The van der Waals surface area contributed by atoms with Crippen molar-refractivity contribution in [3.05, 3.63) is 59.7 Å². The number of nitrogens with one attached hydrogen (secondary N) is 1. The minimum Gasteiger partial charge on any atom is -0.384 e. The van der Waals surface area contributed by atoms with E-state index in [4.69, 9.17) is 5.11 Å². The van der Waals surface area contributed by atoms with E-state index in [-0.39, 0.29) is 18.6 Å². The maximum Gasteiger partial charge on any atom is 0.253 e. The van der Waals surface area contributed by atoms with Gasteiger partial charge < -0.3 is 10.4 Å². The predicted octanol–water partition coefficient (Wildman–Crippen LogP) is 1.31. The zero-order valence-corrected chi connectivity index (χ0v) is 11.6. The van der Waals surface area contributed by atoms with Crippen molar-refractivity contribution in [2.75, 3.05) is 6.61 Å². The van der Waals surface area contributed by atoms with Crippen LogP contribution in [0.3, 0.4) is 0 Å². The zero-order chi connectivity index (χ0) is 15.1. The molecule has 2 aromatic rings. The van der Waals surface area contributed by atoms with Crippen LogP contribution >= 0.6 is 0 Å². The van der Waals surface area contributed by atoms with E-state index in [2.05, 4.69) is 27.1 Å². The van der Waals surface area contributed by atoms with E-state index in [0.717, 1.165) is 5.56 Å². The summed E-state index contributed by atoms with van der Waals surface area (Å²) in [6, 6.07) is 5.21. The minimum absolute atomic E-state index is 0.154. The average Bonchev–Trinajstić information content (AvgIpc) is 2.54. The van der Waals surface area contributed by atoms with Crippen molar-refractivity contribution in [1.82, 2.24) is 15.3 Å². The Balaban J connectivity index is 2.10. The molecule has 0 aliphatic heterocycles. The summed E-state index contributed by atoms with van der Waals surface area (Å²) in [4.78, 5) is 20.2. The maximum atomic E-state index is 12.2. The van der Waals surface area contributed by atoms with Gasteiger partial charge in [-0.05, 0) is 24.6 Å². The number of carbonyl (C=O) groups is 1. The molecular formula is C16H15N3O2. The highest BCUT2D eigenvalue weighted by molar-refractivity contribution is 5.94. The van der Waals surface area contributed by atoms with Gasteiger partial charge in [-0.15, -0.1) is 0 Å². The van der Waals surface area contributed by atoms with E-state index in [1.54, 1.807) is 24.7 Å². The Bertz CT molecular complexity index is 675. The smallest absolute Gasteiger partial charge is 0.253 e. The van der Waals surface area contributed by atoms with Crippen LogP contribution in [0.25, 0.3) is 0 Å². The van der Waals surface area contributed by atoms with Crippen LogP contribution in [0.4, 0.5) is 0 Å². The van der Waals surface area contributed by atoms with Gasteiger partial charge in [0.05, 0.1) is 11.6 Å². The first-order valence-corrected chi connectivity index (χ1v) is 6.46. The van der Waals surface area contributed by atoms with Gasteiger partial charge >= 0.3 is 0 Å². The summed E-state index contributed by atoms with van der Waals surface area (Å²) in [5.41, 5.74) is 1.94. The fraction of sp³-hybridized carbons (Fsp3) is 0.188. The number of nitrogens with zero attached hydrogens (tertiary/aromatic N) is 2. The second-order valence-corrected chi connectivity index (χ2v) is 4.40. The zero-order valence-electron chi connectivity index (χ0n) is 11.6. The summed E-state index contributed by atoms with van der Waals surface area (Å²) >= 11 is 0. The molecule has 0 fully saturated rings. The van der Waals surface area contributed by atoms with Gasteiger partial charge in [0.2, 0.25) is 0 Å². The number of aliphatic hydroxyl groups excluding tert-OH is 1. The van der Waals surface area contributed by atoms with Gasteiger partial charge in [0.15, 0.2) is 0 Å². The number of rotatable bonds is 3. The molecule has 1 unspecified atom stereocenters. The van der Waals surface area contributed by atoms with Crippen LogP contribution in [0, 0.1) is 11.8 Å². The van der Waals surface area contributed by atoms with Gasteiger partial charge in [-0.25, -0.2) is 0 Å². The summed E-state index contributed by atoms with van der Waals surface area (Å²) in [6.45, 7) is 1.66. The fourth-order valence-corrected chi connectivity index (χ4v) is 1.77. The van der Waals surface area contributed by atoms with Crippen LogP contribution < -0.4 is 5.32 Å². The van der Waals surface area contributed by atoms with Gasteiger partial charge in [-0.2, -0.15) is 0 Å². The Morgan fingerprint density at radius 3 is 2.95 bits per heavy atom. The molecule has 2 heterocycles. The molecule has 0 bridgehead atoms. The second kappa shape index (κ2) is 7.17. The molecule has 1 amide bonds. The molecule has 0 aliphatic carbocycles. The van der Waals surface area contributed by atoms with Crippen LogP contribution in [-0.2, 0) is 0 Å². The van der Waals surface area contributed by atoms with Crippen LogP contribution in [0.1, 0.15) is 34.5 Å². The van der Waals surface area contributed by atoms with Crippen LogP contribution in [-0.4, -0.2) is 27.6 Å². The van der Waals surface area contributed by atoms with Gasteiger partial charge in [0, 0.05) is 30.4 Å². The second-order valence-electron chi connectivity index (χ2n) is 4.40. The number of pyridine rings is 2. The van der Waals surface area contributed by atoms with Crippen LogP contribution in [0.15, 0.2) is 43.0 Å². The fourth-order valence-electron chi connectivity index (χ4n) is 1.77. The molecule has 0 spiro atoms.